The van der Waals surface area contributed by atoms with Crippen molar-refractivity contribution in [1.82, 2.24) is 25.5 Å². The summed E-state index contributed by atoms with van der Waals surface area (Å²) >= 11 is 0. The van der Waals surface area contributed by atoms with Crippen molar-refractivity contribution < 1.29 is 14.3 Å². The van der Waals surface area contributed by atoms with Crippen LogP contribution in [0, 0.1) is 5.92 Å². The molecular weight excluding hydrogens is 468 g/mol. The molecule has 5 rings (SSSR count). The number of hydrogen-bond acceptors (Lipinski definition) is 7. The van der Waals surface area contributed by atoms with Crippen molar-refractivity contribution in [3.8, 4) is 28.3 Å². The molecule has 0 radical (unpaired) electrons. The van der Waals surface area contributed by atoms with Crippen molar-refractivity contribution in [2.45, 2.75) is 40.1 Å². The third kappa shape index (κ3) is 5.78. The molecule has 2 aromatic carbocycles. The van der Waals surface area contributed by atoms with E-state index in [0.29, 0.717) is 43.1 Å². The highest BCUT2D eigenvalue weighted by Gasteiger charge is 2.21. The molecule has 3 N–H and O–H groups in total. The molecule has 0 spiro atoms. The van der Waals surface area contributed by atoms with Gasteiger partial charge in [0, 0.05) is 35.1 Å². The van der Waals surface area contributed by atoms with Crippen LogP contribution in [0.4, 0.5) is 11.5 Å². The second kappa shape index (κ2) is 10.8. The average molecular weight is 499 g/mol. The molecule has 0 saturated carbocycles. The standard InChI is InChI=1S/C28H30N6O3/c1-17(2)12-29-28(35)18(3)37-23-6-4-5-20(11-23)26-33-25-16-36-15-24(25)27(34-26)32-22-9-7-19(8-10-22)21-13-30-31-14-21/h4-11,13-14,17-18H,12,15-16H2,1-3H3,(H,29,35)(H,30,31)(H,32,33,34). The fourth-order valence-corrected chi connectivity index (χ4v) is 3.99. The quantitative estimate of drug-likeness (QED) is 0.302. The lowest BCUT2D eigenvalue weighted by molar-refractivity contribution is -0.127. The lowest BCUT2D eigenvalue weighted by atomic mass is 10.1. The number of anilines is 2. The number of H-pyrrole nitrogens is 1. The number of benzene rings is 2. The van der Waals surface area contributed by atoms with Gasteiger partial charge in [-0.25, -0.2) is 9.97 Å². The van der Waals surface area contributed by atoms with Gasteiger partial charge in [-0.05, 0) is 42.7 Å². The number of nitrogens with one attached hydrogen (secondary N) is 3. The fraction of sp³-hybridized carbons (Fsp3) is 0.286. The van der Waals surface area contributed by atoms with Gasteiger partial charge in [0.15, 0.2) is 11.9 Å². The topological polar surface area (TPSA) is 114 Å². The van der Waals surface area contributed by atoms with Crippen LogP contribution in [0.5, 0.6) is 5.75 Å². The fourth-order valence-electron chi connectivity index (χ4n) is 3.99. The molecule has 0 saturated heterocycles. The molecular formula is C28H30N6O3. The Labute approximate surface area is 215 Å². The number of aromatic nitrogens is 4. The maximum Gasteiger partial charge on any atom is 0.260 e. The van der Waals surface area contributed by atoms with Crippen LogP contribution >= 0.6 is 0 Å². The zero-order valence-electron chi connectivity index (χ0n) is 21.1. The van der Waals surface area contributed by atoms with Gasteiger partial charge in [-0.1, -0.05) is 38.1 Å². The number of rotatable bonds is 9. The summed E-state index contributed by atoms with van der Waals surface area (Å²) in [5.41, 5.74) is 5.60. The molecule has 190 valence electrons. The van der Waals surface area contributed by atoms with Crippen molar-refractivity contribution in [2.24, 2.45) is 5.92 Å². The number of nitrogens with zero attached hydrogens (tertiary/aromatic N) is 3. The molecule has 2 aromatic heterocycles. The van der Waals surface area contributed by atoms with Gasteiger partial charge in [-0.15, -0.1) is 0 Å². The molecule has 1 aliphatic rings. The summed E-state index contributed by atoms with van der Waals surface area (Å²) in [5.74, 6) is 2.08. The third-order valence-corrected chi connectivity index (χ3v) is 6.02. The largest absolute Gasteiger partial charge is 0.481 e. The SMILES string of the molecule is CC(C)CNC(=O)C(C)Oc1cccc(-c2nc3c(c(Nc4ccc(-c5cn[nH]c5)cc4)n2)COC3)c1. The minimum atomic E-state index is -0.620. The minimum absolute atomic E-state index is 0.143. The number of hydrogen-bond donors (Lipinski definition) is 3. The lowest BCUT2D eigenvalue weighted by Crippen LogP contribution is -2.38. The van der Waals surface area contributed by atoms with Crippen LogP contribution < -0.4 is 15.4 Å². The van der Waals surface area contributed by atoms with Gasteiger partial charge in [0.05, 0.1) is 25.1 Å². The van der Waals surface area contributed by atoms with E-state index in [-0.39, 0.29) is 5.91 Å². The molecule has 1 amide bonds. The van der Waals surface area contributed by atoms with Gasteiger partial charge in [-0.3, -0.25) is 9.89 Å². The highest BCUT2D eigenvalue weighted by molar-refractivity contribution is 5.80. The summed E-state index contributed by atoms with van der Waals surface area (Å²) in [6.45, 7) is 7.34. The molecule has 4 aromatic rings. The zero-order chi connectivity index (χ0) is 25.8. The summed E-state index contributed by atoms with van der Waals surface area (Å²) in [6, 6.07) is 15.6. The molecule has 9 nitrogen and oxygen atoms in total. The van der Waals surface area contributed by atoms with Gasteiger partial charge in [0.2, 0.25) is 0 Å². The average Bonchev–Trinajstić information content (AvgIpc) is 3.60. The van der Waals surface area contributed by atoms with E-state index in [1.54, 1.807) is 13.1 Å². The van der Waals surface area contributed by atoms with E-state index in [1.165, 1.54) is 0 Å². The maximum absolute atomic E-state index is 12.4. The van der Waals surface area contributed by atoms with Gasteiger partial charge in [0.1, 0.15) is 11.6 Å². The first-order valence-electron chi connectivity index (χ1n) is 12.3. The van der Waals surface area contributed by atoms with Crippen molar-refractivity contribution in [2.75, 3.05) is 11.9 Å². The van der Waals surface area contributed by atoms with Gasteiger partial charge in [-0.2, -0.15) is 5.10 Å². The van der Waals surface area contributed by atoms with Crippen molar-refractivity contribution >= 4 is 17.4 Å². The first-order valence-corrected chi connectivity index (χ1v) is 12.3. The second-order valence-electron chi connectivity index (χ2n) is 9.43. The number of amides is 1. The molecule has 37 heavy (non-hydrogen) atoms. The molecule has 0 bridgehead atoms. The van der Waals surface area contributed by atoms with E-state index in [9.17, 15) is 4.79 Å². The Kier molecular flexibility index (Phi) is 7.14. The summed E-state index contributed by atoms with van der Waals surface area (Å²) in [5, 5.41) is 13.2. The number of carbonyl (C=O) groups is 1. The number of carbonyl (C=O) groups excluding carboxylic acids is 1. The predicted octanol–water partition coefficient (Wildman–Crippen LogP) is 4.85. The van der Waals surface area contributed by atoms with E-state index in [0.717, 1.165) is 33.6 Å². The van der Waals surface area contributed by atoms with E-state index >= 15 is 0 Å². The Morgan fingerprint density at radius 2 is 1.89 bits per heavy atom. The van der Waals surface area contributed by atoms with Crippen LogP contribution in [-0.4, -0.2) is 38.7 Å². The highest BCUT2D eigenvalue weighted by atomic mass is 16.5. The van der Waals surface area contributed by atoms with E-state index < -0.39 is 6.10 Å². The smallest absolute Gasteiger partial charge is 0.260 e. The number of ether oxygens (including phenoxy) is 2. The third-order valence-electron chi connectivity index (χ3n) is 6.02. The Morgan fingerprint density at radius 1 is 1.05 bits per heavy atom. The van der Waals surface area contributed by atoms with Crippen LogP contribution in [-0.2, 0) is 22.7 Å². The van der Waals surface area contributed by atoms with E-state index in [2.05, 4.69) is 34.7 Å². The summed E-state index contributed by atoms with van der Waals surface area (Å²) in [4.78, 5) is 21.9. The van der Waals surface area contributed by atoms with Crippen LogP contribution in [0.25, 0.3) is 22.5 Å². The molecule has 1 unspecified atom stereocenters. The lowest BCUT2D eigenvalue weighted by Gasteiger charge is -2.16. The summed E-state index contributed by atoms with van der Waals surface area (Å²) in [7, 11) is 0. The number of aromatic amines is 1. The predicted molar refractivity (Wildman–Crippen MR) is 141 cm³/mol. The molecule has 9 heteroatoms. The van der Waals surface area contributed by atoms with Crippen LogP contribution in [0.15, 0.2) is 60.9 Å². The Morgan fingerprint density at radius 3 is 2.65 bits per heavy atom. The molecule has 0 aliphatic carbocycles. The van der Waals surface area contributed by atoms with Gasteiger partial charge >= 0.3 is 0 Å². The van der Waals surface area contributed by atoms with Crippen molar-refractivity contribution in [1.29, 1.82) is 0 Å². The number of fused-ring (bicyclic) bond motifs is 1. The normalized spacial score (nSPS) is 13.3. The van der Waals surface area contributed by atoms with E-state index in [1.807, 2.05) is 54.7 Å². The zero-order valence-corrected chi connectivity index (χ0v) is 21.1. The van der Waals surface area contributed by atoms with Crippen molar-refractivity contribution in [3.63, 3.8) is 0 Å². The monoisotopic (exact) mass is 498 g/mol. The Hall–Kier alpha value is -4.24. The molecule has 1 aliphatic heterocycles. The summed E-state index contributed by atoms with van der Waals surface area (Å²) in [6.07, 6.45) is 3.03. The second-order valence-corrected chi connectivity index (χ2v) is 9.43. The van der Waals surface area contributed by atoms with E-state index in [4.69, 9.17) is 19.4 Å². The van der Waals surface area contributed by atoms with Gasteiger partial charge in [0.25, 0.3) is 5.91 Å². The first-order chi connectivity index (χ1) is 18.0. The van der Waals surface area contributed by atoms with Crippen LogP contribution in [0.1, 0.15) is 32.0 Å². The molecule has 0 fully saturated rings. The Bertz CT molecular complexity index is 1370. The first kappa shape index (κ1) is 24.5. The molecule has 3 heterocycles. The van der Waals surface area contributed by atoms with Crippen molar-refractivity contribution in [3.05, 3.63) is 72.2 Å². The maximum atomic E-state index is 12.4. The molecule has 1 atom stereocenters. The highest BCUT2D eigenvalue weighted by Crippen LogP contribution is 2.31. The summed E-state index contributed by atoms with van der Waals surface area (Å²) < 4.78 is 11.6. The van der Waals surface area contributed by atoms with Crippen LogP contribution in [0.2, 0.25) is 0 Å². The van der Waals surface area contributed by atoms with Crippen LogP contribution in [0.3, 0.4) is 0 Å². The van der Waals surface area contributed by atoms with Gasteiger partial charge < -0.3 is 20.1 Å². The minimum Gasteiger partial charge on any atom is -0.481 e. The Balaban J connectivity index is 1.36.